The van der Waals surface area contributed by atoms with Crippen LogP contribution in [0.5, 0.6) is 0 Å². The Balaban J connectivity index is 3.25. The summed E-state index contributed by atoms with van der Waals surface area (Å²) >= 11 is 0. The van der Waals surface area contributed by atoms with E-state index in [1.807, 2.05) is 0 Å². The Morgan fingerprint density at radius 1 is 1.73 bits per heavy atom. The minimum Gasteiger partial charge on any atom is -0.455 e. The van der Waals surface area contributed by atoms with Gasteiger partial charge in [0.2, 0.25) is 0 Å². The van der Waals surface area contributed by atoms with Crippen LogP contribution in [-0.4, -0.2) is 17.7 Å². The number of hydrogen-bond donors (Lipinski definition) is 1. The van der Waals surface area contributed by atoms with Crippen molar-refractivity contribution in [1.82, 2.24) is 0 Å². The number of aliphatic hydroxyl groups excluding tert-OH is 1. The summed E-state index contributed by atoms with van der Waals surface area (Å²) in [5, 5.41) is 8.36. The van der Waals surface area contributed by atoms with Crippen molar-refractivity contribution in [1.29, 1.82) is 0 Å². The van der Waals surface area contributed by atoms with Gasteiger partial charge in [-0.15, -0.1) is 0 Å². The molecule has 0 fully saturated rings. The van der Waals surface area contributed by atoms with E-state index >= 15 is 0 Å². The molecule has 1 radical (unpaired) electrons. The smallest absolute Gasteiger partial charge is 0.333 e. The maximum Gasteiger partial charge on any atom is 0.333 e. The standard InChI is InChI=1S/C8H13O3/c1-7(2)8(10)11-6-4-3-5-9/h6,9H,1,3-5H2,2H3. The van der Waals surface area contributed by atoms with Gasteiger partial charge in [0.25, 0.3) is 0 Å². The van der Waals surface area contributed by atoms with E-state index in [-0.39, 0.29) is 6.61 Å². The summed E-state index contributed by atoms with van der Waals surface area (Å²) in [4.78, 5) is 10.7. The summed E-state index contributed by atoms with van der Waals surface area (Å²) in [6.07, 6.45) is 1.19. The Labute approximate surface area is 66.7 Å². The van der Waals surface area contributed by atoms with Gasteiger partial charge in [0.1, 0.15) is 6.61 Å². The monoisotopic (exact) mass is 157 g/mol. The van der Waals surface area contributed by atoms with Crippen molar-refractivity contribution in [3.8, 4) is 0 Å². The van der Waals surface area contributed by atoms with E-state index in [0.29, 0.717) is 18.4 Å². The first-order chi connectivity index (χ1) is 5.18. The van der Waals surface area contributed by atoms with Crippen molar-refractivity contribution in [3.63, 3.8) is 0 Å². The highest BCUT2D eigenvalue weighted by molar-refractivity contribution is 5.87. The molecule has 0 aromatic carbocycles. The van der Waals surface area contributed by atoms with Crippen molar-refractivity contribution < 1.29 is 14.6 Å². The maximum absolute atomic E-state index is 10.7. The minimum atomic E-state index is -0.414. The number of esters is 1. The molecule has 0 spiro atoms. The van der Waals surface area contributed by atoms with Crippen LogP contribution in [0.2, 0.25) is 0 Å². The number of carbonyl (C=O) groups is 1. The van der Waals surface area contributed by atoms with Crippen LogP contribution in [-0.2, 0) is 9.53 Å². The molecule has 0 aromatic rings. The molecule has 3 heteroatoms. The number of rotatable bonds is 5. The maximum atomic E-state index is 10.7. The fraction of sp³-hybridized carbons (Fsp3) is 0.500. The van der Waals surface area contributed by atoms with Crippen molar-refractivity contribution >= 4 is 5.97 Å². The van der Waals surface area contributed by atoms with Gasteiger partial charge in [-0.2, -0.15) is 0 Å². The number of unbranched alkanes of at least 4 members (excludes halogenated alkanes) is 1. The summed E-state index contributed by atoms with van der Waals surface area (Å²) in [5.41, 5.74) is 0.380. The van der Waals surface area contributed by atoms with Gasteiger partial charge in [-0.25, -0.2) is 4.79 Å². The van der Waals surface area contributed by atoms with Gasteiger partial charge >= 0.3 is 5.97 Å². The number of carbonyl (C=O) groups excluding carboxylic acids is 1. The average Bonchev–Trinajstić information content (AvgIpc) is 1.97. The Hall–Kier alpha value is -0.830. The fourth-order valence-electron chi connectivity index (χ4n) is 0.410. The average molecular weight is 157 g/mol. The zero-order valence-electron chi connectivity index (χ0n) is 6.67. The van der Waals surface area contributed by atoms with Crippen LogP contribution in [0.3, 0.4) is 0 Å². The molecule has 63 valence electrons. The molecule has 0 bridgehead atoms. The zero-order chi connectivity index (χ0) is 8.69. The van der Waals surface area contributed by atoms with Gasteiger partial charge in [-0.3, -0.25) is 0 Å². The molecule has 0 amide bonds. The van der Waals surface area contributed by atoms with Crippen molar-refractivity contribution in [2.24, 2.45) is 0 Å². The molecule has 0 aliphatic rings. The molecule has 11 heavy (non-hydrogen) atoms. The van der Waals surface area contributed by atoms with Crippen LogP contribution in [0.4, 0.5) is 0 Å². The van der Waals surface area contributed by atoms with E-state index < -0.39 is 5.97 Å². The zero-order valence-corrected chi connectivity index (χ0v) is 6.67. The lowest BCUT2D eigenvalue weighted by Crippen LogP contribution is -2.02. The largest absolute Gasteiger partial charge is 0.455 e. The highest BCUT2D eigenvalue weighted by Gasteiger charge is 2.01. The van der Waals surface area contributed by atoms with Gasteiger partial charge in [-0.05, 0) is 19.8 Å². The first kappa shape index (κ1) is 10.2. The highest BCUT2D eigenvalue weighted by atomic mass is 16.5. The van der Waals surface area contributed by atoms with Gasteiger partial charge < -0.3 is 9.84 Å². The second-order valence-corrected chi connectivity index (χ2v) is 2.22. The second kappa shape index (κ2) is 5.92. The van der Waals surface area contributed by atoms with Crippen LogP contribution in [0.25, 0.3) is 0 Å². The van der Waals surface area contributed by atoms with E-state index in [0.717, 1.165) is 0 Å². The fourth-order valence-corrected chi connectivity index (χ4v) is 0.410. The summed E-state index contributed by atoms with van der Waals surface area (Å²) < 4.78 is 4.63. The number of hydrogen-bond acceptors (Lipinski definition) is 3. The van der Waals surface area contributed by atoms with Crippen molar-refractivity contribution in [2.45, 2.75) is 19.8 Å². The molecule has 1 N–H and O–H groups in total. The summed E-state index contributed by atoms with van der Waals surface area (Å²) in [6, 6.07) is 0. The lowest BCUT2D eigenvalue weighted by molar-refractivity contribution is -0.135. The third kappa shape index (κ3) is 5.61. The molecular formula is C8H13O3. The van der Waals surface area contributed by atoms with Gasteiger partial charge in [0.05, 0.1) is 0 Å². The lowest BCUT2D eigenvalue weighted by Gasteiger charge is -2.00. The molecule has 3 nitrogen and oxygen atoms in total. The lowest BCUT2D eigenvalue weighted by atomic mass is 10.3. The first-order valence-electron chi connectivity index (χ1n) is 3.47. The van der Waals surface area contributed by atoms with Crippen molar-refractivity contribution in [2.75, 3.05) is 6.61 Å². The van der Waals surface area contributed by atoms with Gasteiger partial charge in [0, 0.05) is 12.2 Å². The Morgan fingerprint density at radius 3 is 2.82 bits per heavy atom. The topological polar surface area (TPSA) is 46.5 Å². The predicted molar refractivity (Wildman–Crippen MR) is 41.5 cm³/mol. The van der Waals surface area contributed by atoms with Crippen LogP contribution in [0.1, 0.15) is 19.8 Å². The number of aliphatic hydroxyl groups is 1. The van der Waals surface area contributed by atoms with E-state index in [2.05, 4.69) is 11.3 Å². The first-order valence-corrected chi connectivity index (χ1v) is 3.47. The SMILES string of the molecule is C=C(C)C(=O)O[CH]CCCO. The third-order valence-corrected chi connectivity index (χ3v) is 1.02. The van der Waals surface area contributed by atoms with E-state index in [1.54, 1.807) is 6.92 Å². The van der Waals surface area contributed by atoms with Crippen LogP contribution in [0, 0.1) is 6.61 Å². The van der Waals surface area contributed by atoms with E-state index in [1.165, 1.54) is 6.61 Å². The van der Waals surface area contributed by atoms with Gasteiger partial charge in [-0.1, -0.05) is 6.58 Å². The summed E-state index contributed by atoms with van der Waals surface area (Å²) in [7, 11) is 0. The predicted octanol–water partition coefficient (Wildman–Crippen LogP) is 1.04. The van der Waals surface area contributed by atoms with E-state index in [9.17, 15) is 4.79 Å². The van der Waals surface area contributed by atoms with Gasteiger partial charge in [0.15, 0.2) is 0 Å². The quantitative estimate of drug-likeness (QED) is 0.368. The molecule has 0 saturated heterocycles. The molecule has 0 aliphatic heterocycles. The van der Waals surface area contributed by atoms with Crippen LogP contribution < -0.4 is 0 Å². The third-order valence-electron chi connectivity index (χ3n) is 1.02. The minimum absolute atomic E-state index is 0.112. The molecule has 0 unspecified atom stereocenters. The normalized spacial score (nSPS) is 9.27. The molecule has 0 heterocycles. The molecular weight excluding hydrogens is 144 g/mol. The summed E-state index contributed by atoms with van der Waals surface area (Å²) in [5.74, 6) is -0.414. The van der Waals surface area contributed by atoms with E-state index in [4.69, 9.17) is 5.11 Å². The molecule has 0 saturated carbocycles. The Morgan fingerprint density at radius 2 is 2.36 bits per heavy atom. The molecule has 0 rings (SSSR count). The summed E-state index contributed by atoms with van der Waals surface area (Å²) in [6.45, 7) is 6.49. The number of ether oxygens (including phenoxy) is 1. The van der Waals surface area contributed by atoms with Crippen LogP contribution in [0.15, 0.2) is 12.2 Å². The second-order valence-electron chi connectivity index (χ2n) is 2.22. The Bertz CT molecular complexity index is 140. The highest BCUT2D eigenvalue weighted by Crippen LogP contribution is 1.98. The molecule has 0 aromatic heterocycles. The van der Waals surface area contributed by atoms with Crippen molar-refractivity contribution in [3.05, 3.63) is 18.8 Å². The van der Waals surface area contributed by atoms with Crippen LogP contribution >= 0.6 is 0 Å². The molecule has 0 aliphatic carbocycles. The Kier molecular flexibility index (Phi) is 5.47. The molecule has 0 atom stereocenters.